The smallest absolute Gasteiger partial charge is 0.323 e. The van der Waals surface area contributed by atoms with E-state index in [1.54, 1.807) is 24.4 Å². The van der Waals surface area contributed by atoms with Gasteiger partial charge in [0, 0.05) is 11.1 Å². The quantitative estimate of drug-likeness (QED) is 0.356. The minimum Gasteiger partial charge on any atom is -0.480 e. The number of carboxylic acid groups (broad SMARTS) is 1. The van der Waals surface area contributed by atoms with Gasteiger partial charge in [0.05, 0.1) is 10.5 Å². The molecule has 1 aliphatic rings. The number of hydrogen-bond donors (Lipinski definition) is 1. The van der Waals surface area contributed by atoms with Crippen molar-refractivity contribution in [2.45, 2.75) is 9.92 Å². The Hall–Kier alpha value is -2.95. The number of thioether (sulfide) groups is 1. The number of fused-ring (bicyclic) bond motifs is 1. The van der Waals surface area contributed by atoms with E-state index in [1.165, 1.54) is 22.2 Å². The van der Waals surface area contributed by atoms with Gasteiger partial charge in [-0.3, -0.25) is 23.7 Å². The van der Waals surface area contributed by atoms with E-state index in [0.717, 1.165) is 21.6 Å². The highest BCUT2D eigenvalue weighted by atomic mass is 32.2. The number of aliphatic carboxylic acids is 1. The first-order chi connectivity index (χ1) is 14.4. The molecule has 30 heavy (non-hydrogen) atoms. The van der Waals surface area contributed by atoms with Crippen molar-refractivity contribution < 1.29 is 14.7 Å². The summed E-state index contributed by atoms with van der Waals surface area (Å²) in [6.07, 6.45) is 3.05. The fourth-order valence-corrected chi connectivity index (χ4v) is 4.94. The molecule has 1 aliphatic heterocycles. The monoisotopic (exact) mass is 455 g/mol. The molecule has 0 unspecified atom stereocenters. The molecule has 0 bridgehead atoms. The Morgan fingerprint density at radius 2 is 1.90 bits per heavy atom. The topological polar surface area (TPSA) is 92.0 Å². The summed E-state index contributed by atoms with van der Waals surface area (Å²) in [5.74, 6) is -1.71. The van der Waals surface area contributed by atoms with Crippen LogP contribution in [0.1, 0.15) is 5.56 Å². The summed E-state index contributed by atoms with van der Waals surface area (Å²) in [6.45, 7) is -0.525. The molecule has 0 aliphatic carbocycles. The van der Waals surface area contributed by atoms with Crippen molar-refractivity contribution in [3.05, 3.63) is 75.6 Å². The predicted octanol–water partition coefficient (Wildman–Crippen LogP) is 3.13. The summed E-state index contributed by atoms with van der Waals surface area (Å²) in [4.78, 5) is 43.5. The summed E-state index contributed by atoms with van der Waals surface area (Å²) in [5, 5.41) is 9.45. The van der Waals surface area contributed by atoms with Crippen molar-refractivity contribution in [1.29, 1.82) is 0 Å². The van der Waals surface area contributed by atoms with E-state index < -0.39 is 18.4 Å². The second-order valence-electron chi connectivity index (χ2n) is 6.14. The molecule has 4 rings (SSSR count). The minimum atomic E-state index is -1.17. The molecular weight excluding hydrogens is 442 g/mol. The highest BCUT2D eigenvalue weighted by molar-refractivity contribution is 8.26. The second-order valence-corrected chi connectivity index (χ2v) is 8.88. The highest BCUT2D eigenvalue weighted by Gasteiger charge is 2.34. The molecule has 1 saturated heterocycles. The molecule has 3 heterocycles. The molecule has 1 N–H and O–H groups in total. The van der Waals surface area contributed by atoms with Crippen molar-refractivity contribution >= 4 is 63.7 Å². The van der Waals surface area contributed by atoms with E-state index in [1.807, 2.05) is 30.3 Å². The Balaban J connectivity index is 1.84. The summed E-state index contributed by atoms with van der Waals surface area (Å²) in [5.41, 5.74) is 0.391. The molecule has 0 saturated carbocycles. The van der Waals surface area contributed by atoms with Gasteiger partial charge in [0.15, 0.2) is 0 Å². The summed E-state index contributed by atoms with van der Waals surface area (Å²) < 4.78 is 1.54. The molecular formula is C20H13N3O4S3. The molecule has 150 valence electrons. The SMILES string of the molecule is O=C(O)CN1C(=O)/C(=C/c2c(Sc3ccccc3)nc3ccccn3c2=O)SC1=S. The van der Waals surface area contributed by atoms with Crippen molar-refractivity contribution in [2.24, 2.45) is 0 Å². The fourth-order valence-electron chi connectivity index (χ4n) is 2.79. The molecule has 3 aromatic rings. The van der Waals surface area contributed by atoms with Gasteiger partial charge in [-0.2, -0.15) is 0 Å². The lowest BCUT2D eigenvalue weighted by atomic mass is 10.2. The summed E-state index contributed by atoms with van der Waals surface area (Å²) >= 11 is 7.41. The highest BCUT2D eigenvalue weighted by Crippen LogP contribution is 2.34. The van der Waals surface area contributed by atoms with Crippen LogP contribution in [0.15, 0.2) is 74.3 Å². The van der Waals surface area contributed by atoms with Crippen LogP contribution in [-0.4, -0.2) is 42.1 Å². The van der Waals surface area contributed by atoms with Crippen molar-refractivity contribution in [2.75, 3.05) is 6.54 Å². The van der Waals surface area contributed by atoms with Gasteiger partial charge in [-0.15, -0.1) is 0 Å². The number of carbonyl (C=O) groups is 2. The maximum absolute atomic E-state index is 13.2. The Labute approximate surface area is 184 Å². The Bertz CT molecular complexity index is 1270. The lowest BCUT2D eigenvalue weighted by Gasteiger charge is -2.10. The molecule has 0 radical (unpaired) electrons. The number of rotatable bonds is 5. The minimum absolute atomic E-state index is 0.139. The summed E-state index contributed by atoms with van der Waals surface area (Å²) in [7, 11) is 0. The lowest BCUT2D eigenvalue weighted by molar-refractivity contribution is -0.140. The third-order valence-corrected chi connectivity index (χ3v) is 6.52. The van der Waals surface area contributed by atoms with Gasteiger partial charge in [0.1, 0.15) is 21.5 Å². The second kappa shape index (κ2) is 8.42. The van der Waals surface area contributed by atoms with Crippen molar-refractivity contribution in [3.63, 3.8) is 0 Å². The number of nitrogens with zero attached hydrogens (tertiary/aromatic N) is 3. The zero-order valence-electron chi connectivity index (χ0n) is 15.2. The average molecular weight is 456 g/mol. The van der Waals surface area contributed by atoms with Crippen LogP contribution >= 0.6 is 35.7 Å². The van der Waals surface area contributed by atoms with Gasteiger partial charge < -0.3 is 5.11 Å². The van der Waals surface area contributed by atoms with Gasteiger partial charge in [-0.1, -0.05) is 60.0 Å². The van der Waals surface area contributed by atoms with E-state index in [9.17, 15) is 14.4 Å². The van der Waals surface area contributed by atoms with E-state index in [0.29, 0.717) is 10.7 Å². The molecule has 0 spiro atoms. The molecule has 0 atom stereocenters. The number of thiocarbonyl (C=S) groups is 1. The zero-order valence-corrected chi connectivity index (χ0v) is 17.7. The van der Waals surface area contributed by atoms with E-state index >= 15 is 0 Å². The average Bonchev–Trinajstić information content (AvgIpc) is 2.98. The molecule has 1 fully saturated rings. The third kappa shape index (κ3) is 4.02. The van der Waals surface area contributed by atoms with Crippen LogP contribution < -0.4 is 5.56 Å². The molecule has 7 nitrogen and oxygen atoms in total. The normalized spacial score (nSPS) is 15.3. The maximum Gasteiger partial charge on any atom is 0.323 e. The molecule has 10 heteroatoms. The zero-order chi connectivity index (χ0) is 21.3. The van der Waals surface area contributed by atoms with Crippen LogP contribution in [0.5, 0.6) is 0 Å². The lowest BCUT2D eigenvalue weighted by Crippen LogP contribution is -2.33. The molecule has 2 aromatic heterocycles. The summed E-state index contributed by atoms with van der Waals surface area (Å²) in [6, 6.07) is 14.7. The van der Waals surface area contributed by atoms with Gasteiger partial charge in [-0.25, -0.2) is 4.98 Å². The van der Waals surface area contributed by atoms with Gasteiger partial charge in [-0.05, 0) is 30.3 Å². The largest absolute Gasteiger partial charge is 0.480 e. The first-order valence-electron chi connectivity index (χ1n) is 8.65. The Kier molecular flexibility index (Phi) is 5.71. The van der Waals surface area contributed by atoms with Crippen LogP contribution in [0.4, 0.5) is 0 Å². The van der Waals surface area contributed by atoms with Crippen LogP contribution in [0.2, 0.25) is 0 Å². The van der Waals surface area contributed by atoms with Crippen molar-refractivity contribution in [1.82, 2.24) is 14.3 Å². The number of carbonyl (C=O) groups excluding carboxylic acids is 1. The Morgan fingerprint density at radius 3 is 2.63 bits per heavy atom. The number of hydrogen-bond acceptors (Lipinski definition) is 7. The number of benzene rings is 1. The van der Waals surface area contributed by atoms with Crippen LogP contribution in [0.3, 0.4) is 0 Å². The fraction of sp³-hybridized carbons (Fsp3) is 0.0500. The first kappa shape index (κ1) is 20.3. The van der Waals surface area contributed by atoms with Crippen LogP contribution in [-0.2, 0) is 9.59 Å². The van der Waals surface area contributed by atoms with Gasteiger partial charge in [0.25, 0.3) is 11.5 Å². The molecule has 1 amide bonds. The number of pyridine rings is 1. The predicted molar refractivity (Wildman–Crippen MR) is 120 cm³/mol. The van der Waals surface area contributed by atoms with Crippen molar-refractivity contribution in [3.8, 4) is 0 Å². The first-order valence-corrected chi connectivity index (χ1v) is 10.7. The number of amides is 1. The standard InChI is InChI=1S/C20H13N3O4S3/c24-16(25)11-23-19(27)14(30-20(23)28)10-13-17(29-12-6-2-1-3-7-12)21-15-8-4-5-9-22(15)18(13)26/h1-10H,11H2,(H,24,25)/b14-10-. The van der Waals surface area contributed by atoms with Crippen LogP contribution in [0, 0.1) is 0 Å². The number of aromatic nitrogens is 2. The number of carboxylic acids is 1. The molecule has 1 aromatic carbocycles. The van der Waals surface area contributed by atoms with Crippen LogP contribution in [0.25, 0.3) is 11.7 Å². The Morgan fingerprint density at radius 1 is 1.17 bits per heavy atom. The van der Waals surface area contributed by atoms with E-state index in [4.69, 9.17) is 17.3 Å². The third-order valence-electron chi connectivity index (χ3n) is 4.13. The van der Waals surface area contributed by atoms with E-state index in [2.05, 4.69) is 4.98 Å². The van der Waals surface area contributed by atoms with Gasteiger partial charge in [0.2, 0.25) is 0 Å². The maximum atomic E-state index is 13.2. The van der Waals surface area contributed by atoms with E-state index in [-0.39, 0.29) is 20.3 Å². The van der Waals surface area contributed by atoms with Gasteiger partial charge >= 0.3 is 5.97 Å².